The van der Waals surface area contributed by atoms with E-state index in [1.54, 1.807) is 23.1 Å². The summed E-state index contributed by atoms with van der Waals surface area (Å²) in [6, 6.07) is 9.62. The second-order valence-corrected chi connectivity index (χ2v) is 7.62. The zero-order valence-corrected chi connectivity index (χ0v) is 16.6. The highest BCUT2D eigenvalue weighted by Gasteiger charge is 2.30. The molecule has 0 aromatic heterocycles. The summed E-state index contributed by atoms with van der Waals surface area (Å²) in [5, 5.41) is 2.70. The van der Waals surface area contributed by atoms with Crippen molar-refractivity contribution in [3.05, 3.63) is 53.6 Å². The van der Waals surface area contributed by atoms with Crippen molar-refractivity contribution >= 4 is 17.5 Å². The fourth-order valence-corrected chi connectivity index (χ4v) is 3.66. The zero-order valence-electron chi connectivity index (χ0n) is 16.6. The van der Waals surface area contributed by atoms with E-state index in [4.69, 9.17) is 9.47 Å². The molecule has 6 nitrogen and oxygen atoms in total. The van der Waals surface area contributed by atoms with Gasteiger partial charge in [-0.25, -0.2) is 0 Å². The highest BCUT2D eigenvalue weighted by molar-refractivity contribution is 5.99. The summed E-state index contributed by atoms with van der Waals surface area (Å²) in [5.74, 6) is 0.762. The molecule has 31 heavy (non-hydrogen) atoms. The normalized spacial score (nSPS) is 16.9. The number of rotatable bonds is 4. The molecule has 2 aliphatic heterocycles. The van der Waals surface area contributed by atoms with Crippen LogP contribution in [-0.2, 0) is 11.0 Å². The predicted octanol–water partition coefficient (Wildman–Crippen LogP) is 3.97. The van der Waals surface area contributed by atoms with Gasteiger partial charge in [-0.3, -0.25) is 9.59 Å². The number of piperidine rings is 1. The Morgan fingerprint density at radius 2 is 1.84 bits per heavy atom. The van der Waals surface area contributed by atoms with E-state index in [9.17, 15) is 22.8 Å². The summed E-state index contributed by atoms with van der Waals surface area (Å²) in [5.41, 5.74) is 0.255. The standard InChI is InChI=1S/C22H21F3N2O4/c23-22(24,25)16-2-4-17(5-3-16)30-12-14-7-9-27(10-8-14)21(29)15-1-6-19-18(11-15)26-20(28)13-31-19/h1-6,11,14H,7-10,12-13H2,(H,26,28). The molecule has 164 valence electrons. The number of anilines is 1. The van der Waals surface area contributed by atoms with Crippen molar-refractivity contribution in [3.63, 3.8) is 0 Å². The smallest absolute Gasteiger partial charge is 0.416 e. The molecular formula is C22H21F3N2O4. The Morgan fingerprint density at radius 3 is 2.52 bits per heavy atom. The number of hydrogen-bond donors (Lipinski definition) is 1. The molecule has 1 N–H and O–H groups in total. The molecular weight excluding hydrogens is 413 g/mol. The molecule has 2 heterocycles. The van der Waals surface area contributed by atoms with Gasteiger partial charge in [-0.15, -0.1) is 0 Å². The predicted molar refractivity (Wildman–Crippen MR) is 106 cm³/mol. The largest absolute Gasteiger partial charge is 0.493 e. The maximum absolute atomic E-state index is 12.8. The molecule has 1 fully saturated rings. The van der Waals surface area contributed by atoms with Crippen LogP contribution in [0.4, 0.5) is 18.9 Å². The summed E-state index contributed by atoms with van der Waals surface area (Å²) in [4.78, 5) is 26.0. The van der Waals surface area contributed by atoms with E-state index >= 15 is 0 Å². The Hall–Kier alpha value is -3.23. The van der Waals surface area contributed by atoms with E-state index in [-0.39, 0.29) is 24.3 Å². The molecule has 0 saturated carbocycles. The molecule has 2 aromatic rings. The number of alkyl halides is 3. The summed E-state index contributed by atoms with van der Waals surface area (Å²) >= 11 is 0. The Bertz CT molecular complexity index is 968. The van der Waals surface area contributed by atoms with Crippen LogP contribution in [0.3, 0.4) is 0 Å². The van der Waals surface area contributed by atoms with Gasteiger partial charge in [0.15, 0.2) is 6.61 Å². The third kappa shape index (κ3) is 4.92. The average molecular weight is 434 g/mol. The molecule has 0 unspecified atom stereocenters. The van der Waals surface area contributed by atoms with Crippen LogP contribution in [0.1, 0.15) is 28.8 Å². The number of carbonyl (C=O) groups excluding carboxylic acids is 2. The van der Waals surface area contributed by atoms with Gasteiger partial charge in [-0.2, -0.15) is 13.2 Å². The van der Waals surface area contributed by atoms with Crippen molar-refractivity contribution in [1.29, 1.82) is 0 Å². The van der Waals surface area contributed by atoms with Gasteiger partial charge in [0.05, 0.1) is 17.9 Å². The van der Waals surface area contributed by atoms with Gasteiger partial charge in [0, 0.05) is 18.7 Å². The van der Waals surface area contributed by atoms with Crippen LogP contribution < -0.4 is 14.8 Å². The maximum atomic E-state index is 12.8. The summed E-state index contributed by atoms with van der Waals surface area (Å²) in [6.07, 6.45) is -2.90. The van der Waals surface area contributed by atoms with Gasteiger partial charge in [-0.1, -0.05) is 0 Å². The number of nitrogens with zero attached hydrogens (tertiary/aromatic N) is 1. The van der Waals surface area contributed by atoms with Crippen molar-refractivity contribution in [3.8, 4) is 11.5 Å². The maximum Gasteiger partial charge on any atom is 0.416 e. The van der Waals surface area contributed by atoms with Crippen LogP contribution in [0.2, 0.25) is 0 Å². The summed E-state index contributed by atoms with van der Waals surface area (Å²) in [6.45, 7) is 1.46. The van der Waals surface area contributed by atoms with Crippen molar-refractivity contribution in [1.82, 2.24) is 4.90 Å². The molecule has 2 amide bonds. The first-order valence-electron chi connectivity index (χ1n) is 9.95. The topological polar surface area (TPSA) is 67.9 Å². The van der Waals surface area contributed by atoms with Crippen molar-refractivity contribution < 1.29 is 32.2 Å². The van der Waals surface area contributed by atoms with Gasteiger partial charge < -0.3 is 19.7 Å². The minimum Gasteiger partial charge on any atom is -0.493 e. The lowest BCUT2D eigenvalue weighted by molar-refractivity contribution is -0.137. The van der Waals surface area contributed by atoms with Gasteiger partial charge in [0.25, 0.3) is 11.8 Å². The Kier molecular flexibility index (Phi) is 5.75. The molecule has 2 aromatic carbocycles. The van der Waals surface area contributed by atoms with Crippen molar-refractivity contribution in [2.75, 3.05) is 31.6 Å². The van der Waals surface area contributed by atoms with Crippen molar-refractivity contribution in [2.45, 2.75) is 19.0 Å². The molecule has 1 saturated heterocycles. The first-order valence-corrected chi connectivity index (χ1v) is 9.95. The molecule has 0 atom stereocenters. The fraction of sp³-hybridized carbons (Fsp3) is 0.364. The monoisotopic (exact) mass is 434 g/mol. The first kappa shape index (κ1) is 21.0. The van der Waals surface area contributed by atoms with Crippen LogP contribution in [0.5, 0.6) is 11.5 Å². The third-order valence-corrected chi connectivity index (χ3v) is 5.43. The lowest BCUT2D eigenvalue weighted by Gasteiger charge is -2.32. The number of carbonyl (C=O) groups is 2. The van der Waals surface area contributed by atoms with E-state index in [1.807, 2.05) is 0 Å². The molecule has 0 bridgehead atoms. The number of ether oxygens (including phenoxy) is 2. The quantitative estimate of drug-likeness (QED) is 0.791. The second kappa shape index (κ2) is 8.49. The van der Waals surface area contributed by atoms with E-state index in [0.717, 1.165) is 25.0 Å². The van der Waals surface area contributed by atoms with Gasteiger partial charge in [-0.05, 0) is 61.2 Å². The molecule has 0 radical (unpaired) electrons. The Labute approximate surface area is 176 Å². The summed E-state index contributed by atoms with van der Waals surface area (Å²) < 4.78 is 48.8. The van der Waals surface area contributed by atoms with E-state index in [0.29, 0.717) is 42.4 Å². The lowest BCUT2D eigenvalue weighted by atomic mass is 9.97. The highest BCUT2D eigenvalue weighted by atomic mass is 19.4. The molecule has 2 aliphatic rings. The molecule has 0 aliphatic carbocycles. The van der Waals surface area contributed by atoms with Gasteiger partial charge >= 0.3 is 6.18 Å². The van der Waals surface area contributed by atoms with Crippen LogP contribution in [0.25, 0.3) is 0 Å². The number of halogens is 3. The second-order valence-electron chi connectivity index (χ2n) is 7.62. The van der Waals surface area contributed by atoms with Crippen LogP contribution in [0, 0.1) is 5.92 Å². The molecule has 0 spiro atoms. The minimum atomic E-state index is -4.37. The molecule has 4 rings (SSSR count). The number of hydrogen-bond acceptors (Lipinski definition) is 4. The van der Waals surface area contributed by atoms with Crippen LogP contribution >= 0.6 is 0 Å². The number of likely N-dealkylation sites (tertiary alicyclic amines) is 1. The van der Waals surface area contributed by atoms with Crippen molar-refractivity contribution in [2.24, 2.45) is 5.92 Å². The fourth-order valence-electron chi connectivity index (χ4n) is 3.66. The highest BCUT2D eigenvalue weighted by Crippen LogP contribution is 2.31. The number of fused-ring (bicyclic) bond motifs is 1. The van der Waals surface area contributed by atoms with E-state index in [2.05, 4.69) is 5.32 Å². The number of benzene rings is 2. The first-order chi connectivity index (χ1) is 14.8. The van der Waals surface area contributed by atoms with Crippen LogP contribution in [-0.4, -0.2) is 43.0 Å². The van der Waals surface area contributed by atoms with Gasteiger partial charge in [0.1, 0.15) is 11.5 Å². The SMILES string of the molecule is O=C1COc2ccc(C(=O)N3CCC(COc4ccc(C(F)(F)F)cc4)CC3)cc2N1. The lowest BCUT2D eigenvalue weighted by Crippen LogP contribution is -2.39. The zero-order chi connectivity index (χ0) is 22.0. The average Bonchev–Trinajstić information content (AvgIpc) is 2.76. The van der Waals surface area contributed by atoms with E-state index < -0.39 is 11.7 Å². The number of amides is 2. The molecule has 9 heteroatoms. The Morgan fingerprint density at radius 1 is 1.13 bits per heavy atom. The van der Waals surface area contributed by atoms with E-state index in [1.165, 1.54) is 12.1 Å². The van der Waals surface area contributed by atoms with Gasteiger partial charge in [0.2, 0.25) is 0 Å². The third-order valence-electron chi connectivity index (χ3n) is 5.43. The number of nitrogens with one attached hydrogen (secondary N) is 1. The summed E-state index contributed by atoms with van der Waals surface area (Å²) in [7, 11) is 0. The minimum absolute atomic E-state index is 0.0393. The Balaban J connectivity index is 1.28. The van der Waals surface area contributed by atoms with Crippen LogP contribution in [0.15, 0.2) is 42.5 Å².